The van der Waals surface area contributed by atoms with E-state index in [1.807, 2.05) is 6.92 Å². The molecule has 0 bridgehead atoms. The normalized spacial score (nSPS) is 12.4. The van der Waals surface area contributed by atoms with Crippen LogP contribution in [-0.4, -0.2) is 5.56 Å². The van der Waals surface area contributed by atoms with Crippen molar-refractivity contribution < 1.29 is 56.5 Å². The molecule has 1 nitrogen and oxygen atoms in total. The third kappa shape index (κ3) is 11.4. The van der Waals surface area contributed by atoms with Crippen molar-refractivity contribution in [3.63, 3.8) is 0 Å². The Morgan fingerprint density at radius 2 is 2.14 bits per heavy atom. The standard InChI is InChI=1S/C4H8ClO.K/c1-2-3-4(5)6;/h4H,2-3H2,1H3;/q-1;+1. The molecule has 7 heavy (non-hydrogen) atoms. The third-order valence-electron chi connectivity index (χ3n) is 0.516. The van der Waals surface area contributed by atoms with E-state index in [0.29, 0.717) is 6.42 Å². The van der Waals surface area contributed by atoms with E-state index >= 15 is 0 Å². The van der Waals surface area contributed by atoms with Gasteiger partial charge < -0.3 is 5.11 Å². The SMILES string of the molecule is CCCC([O-])Cl.[K+]. The monoisotopic (exact) mass is 146 g/mol. The van der Waals surface area contributed by atoms with Crippen LogP contribution in [0.4, 0.5) is 0 Å². The van der Waals surface area contributed by atoms with Crippen molar-refractivity contribution in [3.8, 4) is 0 Å². The van der Waals surface area contributed by atoms with Crippen LogP contribution in [0, 0.1) is 0 Å². The van der Waals surface area contributed by atoms with Crippen LogP contribution in [0.5, 0.6) is 0 Å². The summed E-state index contributed by atoms with van der Waals surface area (Å²) in [6.07, 6.45) is 1.47. The summed E-state index contributed by atoms with van der Waals surface area (Å²) in [7, 11) is 0. The zero-order valence-corrected chi connectivity index (χ0v) is 8.66. The molecule has 0 aromatic heterocycles. The molecule has 0 saturated carbocycles. The predicted octanol–water partition coefficient (Wildman–Crippen LogP) is -2.28. The van der Waals surface area contributed by atoms with Gasteiger partial charge in [-0.25, -0.2) is 0 Å². The molecule has 1 unspecified atom stereocenters. The van der Waals surface area contributed by atoms with E-state index in [1.54, 1.807) is 0 Å². The minimum atomic E-state index is -0.880. The predicted molar refractivity (Wildman–Crippen MR) is 24.5 cm³/mol. The average molecular weight is 147 g/mol. The minimum Gasteiger partial charge on any atom is -0.840 e. The zero-order valence-electron chi connectivity index (χ0n) is 4.78. The molecule has 3 heteroatoms. The van der Waals surface area contributed by atoms with E-state index in [2.05, 4.69) is 0 Å². The Morgan fingerprint density at radius 3 is 2.14 bits per heavy atom. The second kappa shape index (κ2) is 7.89. The van der Waals surface area contributed by atoms with Crippen molar-refractivity contribution in [1.82, 2.24) is 0 Å². The Kier molecular flexibility index (Phi) is 13.1. The Morgan fingerprint density at radius 1 is 1.71 bits per heavy atom. The summed E-state index contributed by atoms with van der Waals surface area (Å²) in [5.74, 6) is 0. The molecule has 38 valence electrons. The quantitative estimate of drug-likeness (QED) is 0.318. The number of hydrogen-bond acceptors (Lipinski definition) is 1. The Labute approximate surface area is 91.9 Å². The van der Waals surface area contributed by atoms with Gasteiger partial charge in [0.1, 0.15) is 0 Å². The van der Waals surface area contributed by atoms with Crippen molar-refractivity contribution in [2.75, 3.05) is 0 Å². The molecule has 0 amide bonds. The molecule has 0 saturated heterocycles. The fraction of sp³-hybridized carbons (Fsp3) is 1.00. The molecule has 0 aromatic carbocycles. The second-order valence-corrected chi connectivity index (χ2v) is 1.69. The van der Waals surface area contributed by atoms with E-state index in [-0.39, 0.29) is 51.4 Å². The van der Waals surface area contributed by atoms with Gasteiger partial charge in [0, 0.05) is 0 Å². The maximum Gasteiger partial charge on any atom is 1.00 e. The van der Waals surface area contributed by atoms with E-state index in [9.17, 15) is 5.11 Å². The molecule has 0 aromatic rings. The number of halogens is 1. The topological polar surface area (TPSA) is 23.1 Å². The number of alkyl halides is 1. The van der Waals surface area contributed by atoms with Crippen LogP contribution < -0.4 is 56.5 Å². The van der Waals surface area contributed by atoms with E-state index in [1.165, 1.54) is 0 Å². The van der Waals surface area contributed by atoms with Crippen LogP contribution >= 0.6 is 11.6 Å². The molecule has 0 fully saturated rings. The smallest absolute Gasteiger partial charge is 0.840 e. The number of rotatable bonds is 2. The minimum absolute atomic E-state index is 0. The molecule has 0 heterocycles. The molecule has 0 radical (unpaired) electrons. The van der Waals surface area contributed by atoms with Gasteiger partial charge in [-0.15, -0.1) is 11.6 Å². The second-order valence-electron chi connectivity index (χ2n) is 1.20. The summed E-state index contributed by atoms with van der Waals surface area (Å²) in [6.45, 7) is 1.94. The molecule has 0 aliphatic rings. The molecule has 0 aliphatic heterocycles. The first-order valence-electron chi connectivity index (χ1n) is 2.07. The molecule has 1 atom stereocenters. The van der Waals surface area contributed by atoms with Crippen LogP contribution in [0.2, 0.25) is 0 Å². The van der Waals surface area contributed by atoms with Gasteiger partial charge in [0.25, 0.3) is 0 Å². The van der Waals surface area contributed by atoms with Crippen LogP contribution in [0.25, 0.3) is 0 Å². The van der Waals surface area contributed by atoms with Gasteiger partial charge in [-0.3, -0.25) is 0 Å². The first-order chi connectivity index (χ1) is 2.77. The summed E-state index contributed by atoms with van der Waals surface area (Å²) < 4.78 is 0. The zero-order chi connectivity index (χ0) is 4.99. The largest absolute Gasteiger partial charge is 1.00 e. The molecule has 0 spiro atoms. The summed E-state index contributed by atoms with van der Waals surface area (Å²) in [4.78, 5) is 0. The fourth-order valence-electron chi connectivity index (χ4n) is 0.227. The van der Waals surface area contributed by atoms with Gasteiger partial charge in [-0.1, -0.05) is 19.8 Å². The summed E-state index contributed by atoms with van der Waals surface area (Å²) in [5.41, 5.74) is -0.880. The molecule has 0 aliphatic carbocycles. The van der Waals surface area contributed by atoms with Gasteiger partial charge >= 0.3 is 51.4 Å². The molecule has 0 rings (SSSR count). The van der Waals surface area contributed by atoms with Crippen molar-refractivity contribution in [2.24, 2.45) is 0 Å². The van der Waals surface area contributed by atoms with Crippen molar-refractivity contribution in [1.29, 1.82) is 0 Å². The summed E-state index contributed by atoms with van der Waals surface area (Å²) in [5, 5.41) is 9.89. The summed E-state index contributed by atoms with van der Waals surface area (Å²) in [6, 6.07) is 0. The Balaban J connectivity index is 0. The molecular weight excluding hydrogens is 139 g/mol. The first kappa shape index (κ1) is 11.7. The van der Waals surface area contributed by atoms with Gasteiger partial charge in [0.05, 0.1) is 0 Å². The van der Waals surface area contributed by atoms with E-state index < -0.39 is 5.56 Å². The first-order valence-corrected chi connectivity index (χ1v) is 2.51. The van der Waals surface area contributed by atoms with Gasteiger partial charge in [0.15, 0.2) is 0 Å². The van der Waals surface area contributed by atoms with Gasteiger partial charge in [-0.05, 0) is 5.56 Å². The maximum atomic E-state index is 9.89. The van der Waals surface area contributed by atoms with Crippen LogP contribution in [0.3, 0.4) is 0 Å². The van der Waals surface area contributed by atoms with Crippen molar-refractivity contribution in [3.05, 3.63) is 0 Å². The van der Waals surface area contributed by atoms with E-state index in [4.69, 9.17) is 11.6 Å². The van der Waals surface area contributed by atoms with Crippen LogP contribution in [0.1, 0.15) is 19.8 Å². The Hall–Kier alpha value is 1.89. The van der Waals surface area contributed by atoms with E-state index in [0.717, 1.165) is 6.42 Å². The third-order valence-corrected chi connectivity index (χ3v) is 0.734. The summed E-state index contributed by atoms with van der Waals surface area (Å²) >= 11 is 5.02. The van der Waals surface area contributed by atoms with Crippen molar-refractivity contribution in [2.45, 2.75) is 25.3 Å². The van der Waals surface area contributed by atoms with Crippen LogP contribution in [0.15, 0.2) is 0 Å². The molecule has 0 N–H and O–H groups in total. The maximum absolute atomic E-state index is 9.89. The fourth-order valence-corrected chi connectivity index (χ4v) is 0.445. The van der Waals surface area contributed by atoms with Gasteiger partial charge in [-0.2, -0.15) is 0 Å². The molecular formula is C4H8ClKO. The van der Waals surface area contributed by atoms with Crippen molar-refractivity contribution >= 4 is 11.6 Å². The van der Waals surface area contributed by atoms with Gasteiger partial charge in [0.2, 0.25) is 0 Å². The average Bonchev–Trinajstić information content (AvgIpc) is 1.35. The Bertz CT molecular complexity index is 32.9. The van der Waals surface area contributed by atoms with Crippen LogP contribution in [-0.2, 0) is 0 Å². The number of hydrogen-bond donors (Lipinski definition) is 0.